The maximum atomic E-state index is 11.1. The Hall–Kier alpha value is -1.06. The van der Waals surface area contributed by atoms with Crippen LogP contribution in [0, 0.1) is 0 Å². The molecule has 0 spiro atoms. The van der Waals surface area contributed by atoms with E-state index in [1.165, 1.54) is 7.05 Å². The van der Waals surface area contributed by atoms with Gasteiger partial charge in [-0.15, -0.1) is 10.2 Å². The highest BCUT2D eigenvalue weighted by molar-refractivity contribution is 7.91. The van der Waals surface area contributed by atoms with Gasteiger partial charge >= 0.3 is 0 Å². The van der Waals surface area contributed by atoms with Crippen molar-refractivity contribution in [2.75, 3.05) is 7.05 Å². The van der Waals surface area contributed by atoms with Crippen LogP contribution in [0.25, 0.3) is 0 Å². The number of amides is 1. The first-order valence-corrected chi connectivity index (χ1v) is 5.34. The van der Waals surface area contributed by atoms with Gasteiger partial charge in [-0.25, -0.2) is 13.1 Å². The molecule has 1 aromatic rings. The predicted molar refractivity (Wildman–Crippen MR) is 44.7 cm³/mol. The van der Waals surface area contributed by atoms with Crippen LogP contribution in [0.15, 0.2) is 4.34 Å². The molecule has 1 aromatic heterocycles. The lowest BCUT2D eigenvalue weighted by molar-refractivity contribution is 0.0999. The van der Waals surface area contributed by atoms with Crippen molar-refractivity contribution in [1.29, 1.82) is 0 Å². The molecule has 0 atom stereocenters. The first kappa shape index (κ1) is 10.0. The molecule has 72 valence electrons. The summed E-state index contributed by atoms with van der Waals surface area (Å²) in [6.07, 6.45) is 0. The molecule has 0 bridgehead atoms. The smallest absolute Gasteiger partial charge is 0.279 e. The van der Waals surface area contributed by atoms with Gasteiger partial charge in [0.05, 0.1) is 0 Å². The highest BCUT2D eigenvalue weighted by atomic mass is 32.2. The van der Waals surface area contributed by atoms with E-state index in [1.807, 2.05) is 4.72 Å². The average Bonchev–Trinajstić information content (AvgIpc) is 2.52. The van der Waals surface area contributed by atoms with E-state index in [9.17, 15) is 13.2 Å². The number of hydrogen-bond acceptors (Lipinski definition) is 6. The van der Waals surface area contributed by atoms with Gasteiger partial charge in [-0.1, -0.05) is 11.3 Å². The monoisotopic (exact) mass is 222 g/mol. The van der Waals surface area contributed by atoms with Crippen molar-refractivity contribution in [3.8, 4) is 0 Å². The third-order valence-electron chi connectivity index (χ3n) is 1.12. The number of nitrogens with one attached hydrogen (secondary N) is 1. The Labute approximate surface area is 78.0 Å². The summed E-state index contributed by atoms with van der Waals surface area (Å²) in [5.41, 5.74) is 4.87. The fourth-order valence-electron chi connectivity index (χ4n) is 0.505. The lowest BCUT2D eigenvalue weighted by Gasteiger charge is -1.92. The lowest BCUT2D eigenvalue weighted by Crippen LogP contribution is -2.18. The zero-order valence-corrected chi connectivity index (χ0v) is 8.15. The Balaban J connectivity index is 3.13. The van der Waals surface area contributed by atoms with E-state index in [2.05, 4.69) is 10.2 Å². The van der Waals surface area contributed by atoms with Crippen molar-refractivity contribution in [1.82, 2.24) is 14.9 Å². The lowest BCUT2D eigenvalue weighted by atomic mass is 10.7. The van der Waals surface area contributed by atoms with Crippen molar-refractivity contribution in [2.45, 2.75) is 4.34 Å². The number of sulfonamides is 1. The van der Waals surface area contributed by atoms with Gasteiger partial charge in [0.25, 0.3) is 15.9 Å². The number of carbonyl (C=O) groups excluding carboxylic acids is 1. The molecule has 0 saturated heterocycles. The SMILES string of the molecule is CNS(=O)(=O)c1nnc(C(N)=O)s1. The number of hydrogen-bond donors (Lipinski definition) is 2. The summed E-state index contributed by atoms with van der Waals surface area (Å²) in [7, 11) is -2.39. The predicted octanol–water partition coefficient (Wildman–Crippen LogP) is -1.45. The number of nitrogens with two attached hydrogens (primary N) is 1. The maximum Gasteiger partial charge on any atom is 0.279 e. The fraction of sp³-hybridized carbons (Fsp3) is 0.250. The van der Waals surface area contributed by atoms with Crippen LogP contribution in [0.3, 0.4) is 0 Å². The normalized spacial score (nSPS) is 11.5. The van der Waals surface area contributed by atoms with Crippen LogP contribution in [0.2, 0.25) is 0 Å². The molecule has 0 radical (unpaired) electrons. The van der Waals surface area contributed by atoms with E-state index in [4.69, 9.17) is 5.73 Å². The summed E-state index contributed by atoms with van der Waals surface area (Å²) < 4.78 is 23.9. The maximum absolute atomic E-state index is 11.1. The van der Waals surface area contributed by atoms with Gasteiger partial charge in [-0.05, 0) is 7.05 Å². The standard InChI is InChI=1S/C4H6N4O3S2/c1-6-13(10,11)4-8-7-3(12-4)2(5)9/h6H,1H3,(H2,5,9). The molecule has 0 aliphatic heterocycles. The molecule has 13 heavy (non-hydrogen) atoms. The molecular formula is C4H6N4O3S2. The number of nitrogens with zero attached hydrogens (tertiary/aromatic N) is 2. The highest BCUT2D eigenvalue weighted by Gasteiger charge is 2.19. The zero-order chi connectivity index (χ0) is 10.1. The van der Waals surface area contributed by atoms with Crippen LogP contribution in [0.5, 0.6) is 0 Å². The minimum atomic E-state index is -3.62. The third-order valence-corrected chi connectivity index (χ3v) is 3.84. The van der Waals surface area contributed by atoms with E-state index in [1.54, 1.807) is 0 Å². The van der Waals surface area contributed by atoms with Gasteiger partial charge in [0.15, 0.2) is 0 Å². The molecule has 1 heterocycles. The van der Waals surface area contributed by atoms with Gasteiger partial charge in [-0.3, -0.25) is 4.79 Å². The van der Waals surface area contributed by atoms with Crippen LogP contribution in [0.1, 0.15) is 9.80 Å². The third kappa shape index (κ3) is 1.99. The van der Waals surface area contributed by atoms with Crippen LogP contribution in [0.4, 0.5) is 0 Å². The summed E-state index contributed by atoms with van der Waals surface area (Å²) in [6, 6.07) is 0. The second-order valence-electron chi connectivity index (χ2n) is 1.94. The molecule has 9 heteroatoms. The minimum Gasteiger partial charge on any atom is -0.363 e. The summed E-state index contributed by atoms with van der Waals surface area (Å²) in [5.74, 6) is -0.796. The molecule has 1 rings (SSSR count). The molecular weight excluding hydrogens is 216 g/mol. The van der Waals surface area contributed by atoms with Gasteiger partial charge < -0.3 is 5.73 Å². The highest BCUT2D eigenvalue weighted by Crippen LogP contribution is 2.13. The largest absolute Gasteiger partial charge is 0.363 e. The minimum absolute atomic E-state index is 0.131. The van der Waals surface area contributed by atoms with Crippen LogP contribution < -0.4 is 10.5 Å². The topological polar surface area (TPSA) is 115 Å². The van der Waals surface area contributed by atoms with E-state index >= 15 is 0 Å². The Morgan fingerprint density at radius 1 is 1.54 bits per heavy atom. The quantitative estimate of drug-likeness (QED) is 0.648. The van der Waals surface area contributed by atoms with E-state index in [0.717, 1.165) is 0 Å². The van der Waals surface area contributed by atoms with Gasteiger partial charge in [0.1, 0.15) is 0 Å². The van der Waals surface area contributed by atoms with Crippen molar-refractivity contribution in [3.63, 3.8) is 0 Å². The van der Waals surface area contributed by atoms with Gasteiger partial charge in [0.2, 0.25) is 9.35 Å². The number of carbonyl (C=O) groups is 1. The Morgan fingerprint density at radius 2 is 2.15 bits per heavy atom. The second kappa shape index (κ2) is 3.36. The van der Waals surface area contributed by atoms with Crippen molar-refractivity contribution >= 4 is 27.3 Å². The molecule has 0 unspecified atom stereocenters. The number of primary amides is 1. The summed E-state index contributed by atoms with van der Waals surface area (Å²) >= 11 is 0.625. The van der Waals surface area contributed by atoms with Crippen molar-refractivity contribution < 1.29 is 13.2 Å². The molecule has 0 aliphatic carbocycles. The average molecular weight is 222 g/mol. The van der Waals surface area contributed by atoms with Crippen molar-refractivity contribution in [3.05, 3.63) is 5.01 Å². The Bertz CT molecular complexity index is 422. The second-order valence-corrected chi connectivity index (χ2v) is 4.98. The number of rotatable bonds is 3. The fourth-order valence-corrected chi connectivity index (χ4v) is 2.18. The molecule has 7 nitrogen and oxygen atoms in total. The summed E-state index contributed by atoms with van der Waals surface area (Å²) in [4.78, 5) is 10.5. The van der Waals surface area contributed by atoms with E-state index in [0.29, 0.717) is 11.3 Å². The Kier molecular flexibility index (Phi) is 2.59. The molecule has 0 saturated carbocycles. The van der Waals surface area contributed by atoms with Gasteiger partial charge in [-0.2, -0.15) is 0 Å². The molecule has 0 fully saturated rings. The van der Waals surface area contributed by atoms with Gasteiger partial charge in [0, 0.05) is 0 Å². The van der Waals surface area contributed by atoms with E-state index in [-0.39, 0.29) is 9.35 Å². The molecule has 3 N–H and O–H groups in total. The summed E-state index contributed by atoms with van der Waals surface area (Å²) in [6.45, 7) is 0. The van der Waals surface area contributed by atoms with Crippen LogP contribution in [-0.2, 0) is 10.0 Å². The Morgan fingerprint density at radius 3 is 2.54 bits per heavy atom. The number of aromatic nitrogens is 2. The van der Waals surface area contributed by atoms with Crippen molar-refractivity contribution in [2.24, 2.45) is 5.73 Å². The molecule has 0 aliphatic rings. The van der Waals surface area contributed by atoms with Crippen LogP contribution >= 0.6 is 11.3 Å². The van der Waals surface area contributed by atoms with E-state index < -0.39 is 15.9 Å². The first-order valence-electron chi connectivity index (χ1n) is 3.04. The first-order chi connectivity index (χ1) is 5.97. The molecule has 0 aromatic carbocycles. The zero-order valence-electron chi connectivity index (χ0n) is 6.51. The van der Waals surface area contributed by atoms with Crippen LogP contribution in [-0.4, -0.2) is 31.6 Å². The summed E-state index contributed by atoms with van der Waals surface area (Å²) in [5, 5.41) is 6.47. The molecule has 1 amide bonds.